The summed E-state index contributed by atoms with van der Waals surface area (Å²) in [6.45, 7) is 1.82. The van der Waals surface area contributed by atoms with Crippen molar-refractivity contribution in [2.24, 2.45) is 7.05 Å². The Hall–Kier alpha value is -3.33. The van der Waals surface area contributed by atoms with Crippen LogP contribution >= 0.6 is 11.3 Å². The first kappa shape index (κ1) is 17.1. The van der Waals surface area contributed by atoms with Gasteiger partial charge in [0.05, 0.1) is 22.5 Å². The van der Waals surface area contributed by atoms with E-state index in [0.29, 0.717) is 33.4 Å². The molecule has 0 unspecified atom stereocenters. The second-order valence-electron chi connectivity index (χ2n) is 5.94. The molecule has 3 heterocycles. The monoisotopic (exact) mass is 381 g/mol. The molecule has 1 aromatic carbocycles. The highest BCUT2D eigenvalue weighted by Crippen LogP contribution is 2.20. The minimum atomic E-state index is -0.184. The van der Waals surface area contributed by atoms with Gasteiger partial charge in [-0.05, 0) is 36.6 Å². The average molecular weight is 381 g/mol. The number of nitrogens with zero attached hydrogens (tertiary/aromatic N) is 4. The lowest BCUT2D eigenvalue weighted by Gasteiger charge is -2.06. The number of aromatic nitrogens is 4. The predicted molar refractivity (Wildman–Crippen MR) is 101 cm³/mol. The Morgan fingerprint density at radius 1 is 1.30 bits per heavy atom. The van der Waals surface area contributed by atoms with Crippen molar-refractivity contribution in [3.63, 3.8) is 0 Å². The zero-order valence-corrected chi connectivity index (χ0v) is 15.4. The number of rotatable bonds is 4. The molecule has 0 spiro atoms. The highest BCUT2D eigenvalue weighted by atomic mass is 32.1. The lowest BCUT2D eigenvalue weighted by Crippen LogP contribution is -2.21. The number of carbonyl (C=O) groups is 1. The van der Waals surface area contributed by atoms with Gasteiger partial charge in [0, 0.05) is 12.6 Å². The van der Waals surface area contributed by atoms with E-state index in [9.17, 15) is 9.59 Å². The van der Waals surface area contributed by atoms with Crippen molar-refractivity contribution < 1.29 is 9.32 Å². The number of thiophene rings is 1. The maximum Gasteiger partial charge on any atom is 0.272 e. The largest absolute Gasteiger partial charge is 0.342 e. The molecule has 0 bridgehead atoms. The van der Waals surface area contributed by atoms with E-state index in [2.05, 4.69) is 20.4 Å². The number of hydrogen-bond acceptors (Lipinski definition) is 7. The average Bonchev–Trinajstić information content (AvgIpc) is 3.36. The van der Waals surface area contributed by atoms with Crippen molar-refractivity contribution in [2.75, 3.05) is 0 Å². The third kappa shape index (κ3) is 3.24. The Balaban J connectivity index is 1.57. The van der Waals surface area contributed by atoms with Crippen LogP contribution in [-0.4, -0.2) is 25.6 Å². The summed E-state index contributed by atoms with van der Waals surface area (Å²) in [5.74, 6) is 0.515. The van der Waals surface area contributed by atoms with Crippen LogP contribution in [0.25, 0.3) is 22.4 Å². The zero-order valence-electron chi connectivity index (χ0n) is 14.6. The Morgan fingerprint density at radius 2 is 2.15 bits per heavy atom. The fourth-order valence-electron chi connectivity index (χ4n) is 2.71. The van der Waals surface area contributed by atoms with Gasteiger partial charge in [0.2, 0.25) is 11.7 Å². The van der Waals surface area contributed by atoms with E-state index in [1.54, 1.807) is 42.8 Å². The fourth-order valence-corrected chi connectivity index (χ4v) is 3.35. The number of hydrogen-bond donors (Lipinski definition) is 1. The summed E-state index contributed by atoms with van der Waals surface area (Å²) in [5.41, 5.74) is 2.41. The summed E-state index contributed by atoms with van der Waals surface area (Å²) < 4.78 is 6.78. The van der Waals surface area contributed by atoms with Crippen LogP contribution in [0.15, 0.2) is 45.0 Å². The van der Waals surface area contributed by atoms with Crippen molar-refractivity contribution in [3.8, 4) is 11.4 Å². The summed E-state index contributed by atoms with van der Waals surface area (Å²) in [6.07, 6.45) is 0. The standard InChI is InChI=1S/C18H15N5O3S/c1-10-18(25)23(2)13-6-5-11(8-12(13)20-10)16-21-15(26-22-16)9-19-17(24)14-4-3-7-27-14/h3-8H,9H2,1-2H3,(H,19,24). The molecular weight excluding hydrogens is 366 g/mol. The van der Waals surface area contributed by atoms with Crippen LogP contribution in [0.1, 0.15) is 21.3 Å². The van der Waals surface area contributed by atoms with Gasteiger partial charge in [0.1, 0.15) is 5.69 Å². The maximum atomic E-state index is 12.0. The van der Waals surface area contributed by atoms with Crippen LogP contribution in [0.4, 0.5) is 0 Å². The highest BCUT2D eigenvalue weighted by Gasteiger charge is 2.13. The minimum Gasteiger partial charge on any atom is -0.342 e. The van der Waals surface area contributed by atoms with E-state index in [-0.39, 0.29) is 18.0 Å². The van der Waals surface area contributed by atoms with E-state index in [1.807, 2.05) is 11.4 Å². The molecule has 1 N–H and O–H groups in total. The molecule has 0 saturated heterocycles. The molecule has 3 aromatic heterocycles. The maximum absolute atomic E-state index is 12.0. The molecule has 0 aliphatic carbocycles. The van der Waals surface area contributed by atoms with Crippen LogP contribution in [0.5, 0.6) is 0 Å². The number of benzene rings is 1. The molecule has 9 heteroatoms. The van der Waals surface area contributed by atoms with Gasteiger partial charge >= 0.3 is 0 Å². The van der Waals surface area contributed by atoms with Crippen LogP contribution in [0, 0.1) is 6.92 Å². The molecule has 4 aromatic rings. The summed E-state index contributed by atoms with van der Waals surface area (Å²) >= 11 is 1.36. The van der Waals surface area contributed by atoms with Gasteiger partial charge in [0.25, 0.3) is 11.5 Å². The number of fused-ring (bicyclic) bond motifs is 1. The molecular formula is C18H15N5O3S. The van der Waals surface area contributed by atoms with Crippen LogP contribution < -0.4 is 10.9 Å². The van der Waals surface area contributed by atoms with Gasteiger partial charge in [-0.15, -0.1) is 11.3 Å². The molecule has 27 heavy (non-hydrogen) atoms. The van der Waals surface area contributed by atoms with Gasteiger partial charge in [-0.3, -0.25) is 9.59 Å². The molecule has 0 aliphatic heterocycles. The third-order valence-corrected chi connectivity index (χ3v) is 4.98. The van der Waals surface area contributed by atoms with E-state index in [0.717, 1.165) is 5.52 Å². The van der Waals surface area contributed by atoms with Gasteiger partial charge in [0.15, 0.2) is 0 Å². The Labute approximate surface area is 157 Å². The molecule has 0 aliphatic rings. The van der Waals surface area contributed by atoms with Crippen molar-refractivity contribution in [3.05, 3.63) is 62.5 Å². The number of amides is 1. The van der Waals surface area contributed by atoms with Crippen LogP contribution in [0.2, 0.25) is 0 Å². The lowest BCUT2D eigenvalue weighted by molar-refractivity contribution is 0.0950. The summed E-state index contributed by atoms with van der Waals surface area (Å²) in [5, 5.41) is 8.55. The molecule has 0 saturated carbocycles. The van der Waals surface area contributed by atoms with Crippen molar-refractivity contribution >= 4 is 28.3 Å². The Bertz CT molecular complexity index is 1190. The molecule has 0 atom stereocenters. The van der Waals surface area contributed by atoms with Gasteiger partial charge in [-0.1, -0.05) is 11.2 Å². The second kappa shape index (κ2) is 6.76. The van der Waals surface area contributed by atoms with E-state index < -0.39 is 0 Å². The number of nitrogens with one attached hydrogen (secondary N) is 1. The number of carbonyl (C=O) groups excluding carboxylic acids is 1. The molecule has 0 fully saturated rings. The van der Waals surface area contributed by atoms with E-state index >= 15 is 0 Å². The zero-order chi connectivity index (χ0) is 19.0. The van der Waals surface area contributed by atoms with Crippen molar-refractivity contribution in [1.29, 1.82) is 0 Å². The first-order chi connectivity index (χ1) is 13.0. The van der Waals surface area contributed by atoms with Gasteiger partial charge in [-0.25, -0.2) is 4.98 Å². The minimum absolute atomic E-state index is 0.126. The Kier molecular flexibility index (Phi) is 4.28. The van der Waals surface area contributed by atoms with Crippen LogP contribution in [0.3, 0.4) is 0 Å². The van der Waals surface area contributed by atoms with Gasteiger partial charge in [-0.2, -0.15) is 4.98 Å². The fraction of sp³-hybridized carbons (Fsp3) is 0.167. The summed E-state index contributed by atoms with van der Waals surface area (Å²) in [6, 6.07) is 8.97. The summed E-state index contributed by atoms with van der Waals surface area (Å²) in [7, 11) is 1.71. The van der Waals surface area contributed by atoms with Crippen molar-refractivity contribution in [2.45, 2.75) is 13.5 Å². The molecule has 0 radical (unpaired) electrons. The Morgan fingerprint density at radius 3 is 2.93 bits per heavy atom. The number of aryl methyl sites for hydroxylation is 2. The quantitative estimate of drug-likeness (QED) is 0.582. The lowest BCUT2D eigenvalue weighted by atomic mass is 10.1. The van der Waals surface area contributed by atoms with Crippen LogP contribution in [-0.2, 0) is 13.6 Å². The molecule has 1 amide bonds. The predicted octanol–water partition coefficient (Wildman–Crippen LogP) is 2.28. The second-order valence-corrected chi connectivity index (χ2v) is 6.88. The highest BCUT2D eigenvalue weighted by molar-refractivity contribution is 7.12. The smallest absolute Gasteiger partial charge is 0.272 e. The van der Waals surface area contributed by atoms with E-state index in [1.165, 1.54) is 11.3 Å². The molecule has 136 valence electrons. The SMILES string of the molecule is Cc1nc2cc(-c3noc(CNC(=O)c4cccs4)n3)ccc2n(C)c1=O. The van der Waals surface area contributed by atoms with Crippen molar-refractivity contribution in [1.82, 2.24) is 25.0 Å². The van der Waals surface area contributed by atoms with Gasteiger partial charge < -0.3 is 14.4 Å². The normalized spacial score (nSPS) is 11.0. The first-order valence-electron chi connectivity index (χ1n) is 8.15. The summed E-state index contributed by atoms with van der Waals surface area (Å²) in [4.78, 5) is 33.2. The first-order valence-corrected chi connectivity index (χ1v) is 9.03. The molecule has 8 nitrogen and oxygen atoms in total. The molecule has 4 rings (SSSR count). The van der Waals surface area contributed by atoms with E-state index in [4.69, 9.17) is 4.52 Å². The third-order valence-electron chi connectivity index (χ3n) is 4.11. The topological polar surface area (TPSA) is 103 Å².